The van der Waals surface area contributed by atoms with Crippen LogP contribution in [0.2, 0.25) is 0 Å². The maximum absolute atomic E-state index is 11.6. The van der Waals surface area contributed by atoms with Crippen LogP contribution in [0.5, 0.6) is 0 Å². The van der Waals surface area contributed by atoms with Crippen molar-refractivity contribution in [2.45, 2.75) is 134 Å². The molecule has 4 nitrogen and oxygen atoms in total. The lowest BCUT2D eigenvalue weighted by atomic mass is 10.0. The van der Waals surface area contributed by atoms with Gasteiger partial charge in [0.05, 0.1) is 5.25 Å². The highest BCUT2D eigenvalue weighted by Crippen LogP contribution is 2.19. The summed E-state index contributed by atoms with van der Waals surface area (Å²) in [5.41, 5.74) is 0. The van der Waals surface area contributed by atoms with Crippen molar-refractivity contribution in [2.75, 3.05) is 6.61 Å². The third-order valence-electron chi connectivity index (χ3n) is 5.49. The van der Waals surface area contributed by atoms with Gasteiger partial charge in [-0.05, 0) is 19.3 Å². The van der Waals surface area contributed by atoms with E-state index in [1.54, 1.807) is 0 Å². The predicted molar refractivity (Wildman–Crippen MR) is 116 cm³/mol. The largest absolute Gasteiger partial charge is 0.396 e. The van der Waals surface area contributed by atoms with Gasteiger partial charge in [-0.3, -0.25) is 4.55 Å². The lowest BCUT2D eigenvalue weighted by Gasteiger charge is -2.13. The van der Waals surface area contributed by atoms with Crippen LogP contribution in [0.15, 0.2) is 0 Å². The average Bonchev–Trinajstić information content (AvgIpc) is 2.62. The molecule has 0 amide bonds. The van der Waals surface area contributed by atoms with E-state index in [2.05, 4.69) is 6.92 Å². The molecule has 0 aliphatic heterocycles. The van der Waals surface area contributed by atoms with Gasteiger partial charge in [-0.1, -0.05) is 110 Å². The fraction of sp³-hybridized carbons (Fsp3) is 1.00. The molecular formula is C22H46O4S. The van der Waals surface area contributed by atoms with Crippen molar-refractivity contribution in [3.63, 3.8) is 0 Å². The standard InChI is InChI=1S/C22H46O4S/c1-2-3-4-5-6-7-8-9-10-11-13-16-19-22(27(24,25)26)20-17-14-12-15-18-21-23/h22-23H,2-21H2,1H3,(H,24,25,26). The van der Waals surface area contributed by atoms with Crippen molar-refractivity contribution < 1.29 is 18.1 Å². The maximum Gasteiger partial charge on any atom is 0.267 e. The molecule has 0 aromatic rings. The molecule has 0 aliphatic rings. The predicted octanol–water partition coefficient (Wildman–Crippen LogP) is 6.67. The fourth-order valence-electron chi connectivity index (χ4n) is 3.67. The van der Waals surface area contributed by atoms with Crippen LogP contribution in [-0.4, -0.2) is 29.9 Å². The van der Waals surface area contributed by atoms with E-state index < -0.39 is 15.4 Å². The summed E-state index contributed by atoms with van der Waals surface area (Å²) in [6, 6.07) is 0. The van der Waals surface area contributed by atoms with E-state index in [0.29, 0.717) is 12.8 Å². The first-order valence-corrected chi connectivity index (χ1v) is 13.1. The van der Waals surface area contributed by atoms with Crippen LogP contribution in [0.4, 0.5) is 0 Å². The summed E-state index contributed by atoms with van der Waals surface area (Å²) >= 11 is 0. The van der Waals surface area contributed by atoms with E-state index >= 15 is 0 Å². The molecule has 0 heterocycles. The van der Waals surface area contributed by atoms with Gasteiger partial charge in [-0.2, -0.15) is 8.42 Å². The Labute approximate surface area is 169 Å². The molecule has 5 heteroatoms. The second-order valence-electron chi connectivity index (χ2n) is 8.09. The third-order valence-corrected chi connectivity index (χ3v) is 6.80. The minimum Gasteiger partial charge on any atom is -0.396 e. The van der Waals surface area contributed by atoms with E-state index in [9.17, 15) is 13.0 Å². The molecule has 1 atom stereocenters. The van der Waals surface area contributed by atoms with Crippen molar-refractivity contribution in [1.29, 1.82) is 0 Å². The Morgan fingerprint density at radius 3 is 1.26 bits per heavy atom. The summed E-state index contributed by atoms with van der Waals surface area (Å²) in [7, 11) is -3.92. The van der Waals surface area contributed by atoms with Gasteiger partial charge in [0, 0.05) is 6.61 Å². The molecule has 0 aromatic heterocycles. The van der Waals surface area contributed by atoms with E-state index in [-0.39, 0.29) is 6.61 Å². The molecule has 0 spiro atoms. The Bertz CT molecular complexity index is 395. The van der Waals surface area contributed by atoms with Crippen molar-refractivity contribution in [1.82, 2.24) is 0 Å². The molecule has 0 radical (unpaired) electrons. The Balaban J connectivity index is 3.60. The molecule has 0 saturated carbocycles. The van der Waals surface area contributed by atoms with Gasteiger partial charge in [0.2, 0.25) is 0 Å². The van der Waals surface area contributed by atoms with Crippen molar-refractivity contribution in [3.8, 4) is 0 Å². The van der Waals surface area contributed by atoms with E-state index in [1.807, 2.05) is 0 Å². The summed E-state index contributed by atoms with van der Waals surface area (Å²) in [6.07, 6.45) is 21.0. The summed E-state index contributed by atoms with van der Waals surface area (Å²) in [5.74, 6) is 0. The fourth-order valence-corrected chi connectivity index (χ4v) is 4.60. The molecule has 0 aromatic carbocycles. The summed E-state index contributed by atoms with van der Waals surface area (Å²) in [5, 5.41) is 8.16. The first-order valence-electron chi connectivity index (χ1n) is 11.6. The van der Waals surface area contributed by atoms with Crippen molar-refractivity contribution >= 4 is 10.1 Å². The Hall–Kier alpha value is -0.130. The van der Waals surface area contributed by atoms with Gasteiger partial charge < -0.3 is 5.11 Å². The summed E-state index contributed by atoms with van der Waals surface area (Å²) < 4.78 is 32.5. The second kappa shape index (κ2) is 19.2. The van der Waals surface area contributed by atoms with Gasteiger partial charge >= 0.3 is 0 Å². The minimum absolute atomic E-state index is 0.229. The molecule has 1 unspecified atom stereocenters. The number of hydrogen-bond acceptors (Lipinski definition) is 3. The number of rotatable bonds is 21. The molecule has 0 aliphatic carbocycles. The maximum atomic E-state index is 11.6. The van der Waals surface area contributed by atoms with Crippen molar-refractivity contribution in [2.24, 2.45) is 0 Å². The Kier molecular flexibility index (Phi) is 19.1. The van der Waals surface area contributed by atoms with Gasteiger partial charge in [0.15, 0.2) is 0 Å². The highest BCUT2D eigenvalue weighted by molar-refractivity contribution is 7.86. The monoisotopic (exact) mass is 406 g/mol. The Morgan fingerprint density at radius 1 is 0.593 bits per heavy atom. The topological polar surface area (TPSA) is 74.6 Å². The lowest BCUT2D eigenvalue weighted by molar-refractivity contribution is 0.282. The molecule has 2 N–H and O–H groups in total. The van der Waals surface area contributed by atoms with E-state index in [4.69, 9.17) is 5.11 Å². The van der Waals surface area contributed by atoms with Crippen LogP contribution in [0.1, 0.15) is 129 Å². The van der Waals surface area contributed by atoms with Crippen LogP contribution in [0.3, 0.4) is 0 Å². The average molecular weight is 407 g/mol. The quantitative estimate of drug-likeness (QED) is 0.165. The number of hydrogen-bond donors (Lipinski definition) is 2. The SMILES string of the molecule is CCCCCCCCCCCCCCC(CCCCCCCO)S(=O)(=O)O. The smallest absolute Gasteiger partial charge is 0.267 e. The van der Waals surface area contributed by atoms with Crippen LogP contribution < -0.4 is 0 Å². The summed E-state index contributed by atoms with van der Waals surface area (Å²) in [4.78, 5) is 0. The molecule has 164 valence electrons. The van der Waals surface area contributed by atoms with E-state index in [1.165, 1.54) is 64.2 Å². The molecule has 0 bridgehead atoms. The zero-order chi connectivity index (χ0) is 20.2. The second-order valence-corrected chi connectivity index (χ2v) is 9.79. The first kappa shape index (κ1) is 26.9. The zero-order valence-electron chi connectivity index (χ0n) is 17.8. The summed E-state index contributed by atoms with van der Waals surface area (Å²) in [6.45, 7) is 2.48. The van der Waals surface area contributed by atoms with Crippen molar-refractivity contribution in [3.05, 3.63) is 0 Å². The van der Waals surface area contributed by atoms with Gasteiger partial charge in [-0.25, -0.2) is 0 Å². The van der Waals surface area contributed by atoms with Crippen LogP contribution in [0.25, 0.3) is 0 Å². The Morgan fingerprint density at radius 2 is 0.926 bits per heavy atom. The molecular weight excluding hydrogens is 360 g/mol. The molecule has 0 saturated heterocycles. The third kappa shape index (κ3) is 19.0. The highest BCUT2D eigenvalue weighted by atomic mass is 32.2. The number of aliphatic hydroxyl groups excluding tert-OH is 1. The lowest BCUT2D eigenvalue weighted by Crippen LogP contribution is -2.20. The zero-order valence-corrected chi connectivity index (χ0v) is 18.7. The minimum atomic E-state index is -3.92. The van der Waals surface area contributed by atoms with Gasteiger partial charge in [0.25, 0.3) is 10.1 Å². The molecule has 0 rings (SSSR count). The number of unbranched alkanes of at least 4 members (excludes halogenated alkanes) is 15. The molecule has 0 fully saturated rings. The van der Waals surface area contributed by atoms with E-state index in [0.717, 1.165) is 44.9 Å². The highest BCUT2D eigenvalue weighted by Gasteiger charge is 2.21. The normalized spacial score (nSPS) is 13.1. The number of aliphatic hydroxyl groups is 1. The molecule has 27 heavy (non-hydrogen) atoms. The van der Waals surface area contributed by atoms with Crippen LogP contribution in [0, 0.1) is 0 Å². The van der Waals surface area contributed by atoms with Crippen LogP contribution >= 0.6 is 0 Å². The van der Waals surface area contributed by atoms with Gasteiger partial charge in [-0.15, -0.1) is 0 Å². The van der Waals surface area contributed by atoms with Crippen LogP contribution in [-0.2, 0) is 10.1 Å². The first-order chi connectivity index (χ1) is 13.0. The van der Waals surface area contributed by atoms with Gasteiger partial charge in [0.1, 0.15) is 0 Å².